The van der Waals surface area contributed by atoms with E-state index in [1.165, 1.54) is 14.2 Å². The molecule has 1 rings (SSSR count). The highest BCUT2D eigenvalue weighted by Gasteiger charge is 2.20. The number of benzene rings is 1. The molecule has 0 aliphatic carbocycles. The molecule has 0 saturated carbocycles. The van der Waals surface area contributed by atoms with Crippen LogP contribution in [0.4, 0.5) is 0 Å². The lowest BCUT2D eigenvalue weighted by Crippen LogP contribution is -2.29. The van der Waals surface area contributed by atoms with Crippen LogP contribution in [0.1, 0.15) is 16.8 Å². The smallest absolute Gasteiger partial charge is 0.257 e. The third kappa shape index (κ3) is 4.26. The van der Waals surface area contributed by atoms with Crippen molar-refractivity contribution in [1.82, 2.24) is 10.2 Å². The van der Waals surface area contributed by atoms with Crippen LogP contribution in [-0.4, -0.2) is 59.3 Å². The minimum absolute atomic E-state index is 0.107. The maximum absolute atomic E-state index is 12.5. The van der Waals surface area contributed by atoms with E-state index in [1.807, 2.05) is 7.05 Å². The highest BCUT2D eigenvalue weighted by atomic mass is 16.5. The van der Waals surface area contributed by atoms with E-state index in [0.29, 0.717) is 29.4 Å². The van der Waals surface area contributed by atoms with Gasteiger partial charge in [-0.2, -0.15) is 0 Å². The van der Waals surface area contributed by atoms with Crippen molar-refractivity contribution in [3.05, 3.63) is 17.7 Å². The van der Waals surface area contributed by atoms with Crippen LogP contribution in [0.15, 0.2) is 12.1 Å². The lowest BCUT2D eigenvalue weighted by atomic mass is 10.1. The maximum Gasteiger partial charge on any atom is 0.257 e. The van der Waals surface area contributed by atoms with Gasteiger partial charge in [0.05, 0.1) is 26.9 Å². The van der Waals surface area contributed by atoms with Crippen LogP contribution < -0.4 is 19.5 Å². The number of nitrogens with one attached hydrogen (secondary N) is 1. The summed E-state index contributed by atoms with van der Waals surface area (Å²) in [5.41, 5.74) is 0.460. The monoisotopic (exact) mass is 296 g/mol. The van der Waals surface area contributed by atoms with Crippen LogP contribution in [-0.2, 0) is 0 Å². The fourth-order valence-corrected chi connectivity index (χ4v) is 2.00. The van der Waals surface area contributed by atoms with Crippen LogP contribution in [0.25, 0.3) is 0 Å². The predicted molar refractivity (Wildman–Crippen MR) is 81.6 cm³/mol. The number of hydrogen-bond donors (Lipinski definition) is 1. The van der Waals surface area contributed by atoms with Crippen LogP contribution in [0, 0.1) is 0 Å². The molecule has 0 aromatic heterocycles. The van der Waals surface area contributed by atoms with Gasteiger partial charge in [0.1, 0.15) is 5.75 Å². The van der Waals surface area contributed by atoms with Crippen molar-refractivity contribution >= 4 is 5.91 Å². The van der Waals surface area contributed by atoms with Crippen molar-refractivity contribution in [1.29, 1.82) is 0 Å². The van der Waals surface area contributed by atoms with Gasteiger partial charge in [0.25, 0.3) is 5.91 Å². The van der Waals surface area contributed by atoms with Crippen LogP contribution in [0.2, 0.25) is 0 Å². The molecule has 0 fully saturated rings. The standard InChI is InChI=1S/C15H24N2O4/c1-16-7-6-8-17(2)15(18)11-9-13(20-4)14(21-5)10-12(11)19-3/h9-10,16H,6-8H2,1-5H3. The maximum atomic E-state index is 12.5. The zero-order valence-electron chi connectivity index (χ0n) is 13.4. The van der Waals surface area contributed by atoms with Crippen molar-refractivity contribution in [2.75, 3.05) is 48.5 Å². The number of methoxy groups -OCH3 is 3. The van der Waals surface area contributed by atoms with Gasteiger partial charge in [-0.15, -0.1) is 0 Å². The molecule has 0 aliphatic rings. The second-order valence-electron chi connectivity index (χ2n) is 4.59. The quantitative estimate of drug-likeness (QED) is 0.735. The van der Waals surface area contributed by atoms with Crippen molar-refractivity contribution in [2.24, 2.45) is 0 Å². The Morgan fingerprint density at radius 1 is 1.10 bits per heavy atom. The topological polar surface area (TPSA) is 60.0 Å². The Bertz CT molecular complexity index is 477. The number of carbonyl (C=O) groups excluding carboxylic acids is 1. The van der Waals surface area contributed by atoms with Gasteiger partial charge in [-0.1, -0.05) is 0 Å². The van der Waals surface area contributed by atoms with E-state index >= 15 is 0 Å². The minimum atomic E-state index is -0.107. The third-order valence-corrected chi connectivity index (χ3v) is 3.20. The van der Waals surface area contributed by atoms with Crippen LogP contribution in [0.5, 0.6) is 17.2 Å². The van der Waals surface area contributed by atoms with Gasteiger partial charge in [-0.25, -0.2) is 0 Å². The normalized spacial score (nSPS) is 10.1. The Hall–Kier alpha value is -1.95. The van der Waals surface area contributed by atoms with Crippen molar-refractivity contribution < 1.29 is 19.0 Å². The van der Waals surface area contributed by atoms with E-state index in [9.17, 15) is 4.79 Å². The number of hydrogen-bond acceptors (Lipinski definition) is 5. The van der Waals surface area contributed by atoms with Crippen molar-refractivity contribution in [3.8, 4) is 17.2 Å². The van der Waals surface area contributed by atoms with Crippen molar-refractivity contribution in [2.45, 2.75) is 6.42 Å². The number of amides is 1. The number of nitrogens with zero attached hydrogens (tertiary/aromatic N) is 1. The molecule has 0 heterocycles. The van der Waals surface area contributed by atoms with Gasteiger partial charge in [-0.05, 0) is 20.0 Å². The molecule has 1 amide bonds. The molecular weight excluding hydrogens is 272 g/mol. The molecule has 6 nitrogen and oxygen atoms in total. The molecule has 0 spiro atoms. The van der Waals surface area contributed by atoms with E-state index in [0.717, 1.165) is 13.0 Å². The first-order valence-corrected chi connectivity index (χ1v) is 6.79. The summed E-state index contributed by atoms with van der Waals surface area (Å²) >= 11 is 0. The lowest BCUT2D eigenvalue weighted by molar-refractivity contribution is 0.0790. The molecule has 1 aromatic carbocycles. The highest BCUT2D eigenvalue weighted by molar-refractivity contribution is 5.97. The summed E-state index contributed by atoms with van der Waals surface area (Å²) in [7, 11) is 8.27. The molecule has 1 N–H and O–H groups in total. The Morgan fingerprint density at radius 2 is 1.67 bits per heavy atom. The fourth-order valence-electron chi connectivity index (χ4n) is 2.00. The minimum Gasteiger partial charge on any atom is -0.496 e. The van der Waals surface area contributed by atoms with Gasteiger partial charge >= 0.3 is 0 Å². The fraction of sp³-hybridized carbons (Fsp3) is 0.533. The predicted octanol–water partition coefficient (Wildman–Crippen LogP) is 1.39. The van der Waals surface area contributed by atoms with E-state index in [4.69, 9.17) is 14.2 Å². The second kappa shape index (κ2) is 8.36. The molecule has 0 bridgehead atoms. The van der Waals surface area contributed by atoms with E-state index < -0.39 is 0 Å². The van der Waals surface area contributed by atoms with Gasteiger partial charge < -0.3 is 24.4 Å². The van der Waals surface area contributed by atoms with Crippen LogP contribution in [0.3, 0.4) is 0 Å². The second-order valence-corrected chi connectivity index (χ2v) is 4.59. The number of rotatable bonds is 8. The Kier molecular flexibility index (Phi) is 6.81. The Labute approximate surface area is 126 Å². The largest absolute Gasteiger partial charge is 0.496 e. The summed E-state index contributed by atoms with van der Waals surface area (Å²) in [6.45, 7) is 1.53. The molecular formula is C15H24N2O4. The van der Waals surface area contributed by atoms with Gasteiger partial charge in [0.15, 0.2) is 11.5 Å². The summed E-state index contributed by atoms with van der Waals surface area (Å²) in [6, 6.07) is 3.31. The van der Waals surface area contributed by atoms with Crippen LogP contribution >= 0.6 is 0 Å². The average Bonchev–Trinajstić information content (AvgIpc) is 2.52. The molecule has 0 saturated heterocycles. The SMILES string of the molecule is CNCCCN(C)C(=O)c1cc(OC)c(OC)cc1OC. The Balaban J connectivity index is 3.01. The summed E-state index contributed by atoms with van der Waals surface area (Å²) < 4.78 is 15.7. The lowest BCUT2D eigenvalue weighted by Gasteiger charge is -2.20. The average molecular weight is 296 g/mol. The molecule has 0 atom stereocenters. The summed E-state index contributed by atoms with van der Waals surface area (Å²) in [5, 5.41) is 3.06. The zero-order valence-corrected chi connectivity index (χ0v) is 13.4. The van der Waals surface area contributed by atoms with Gasteiger partial charge in [-0.3, -0.25) is 4.79 Å². The molecule has 21 heavy (non-hydrogen) atoms. The highest BCUT2D eigenvalue weighted by Crippen LogP contribution is 2.35. The summed E-state index contributed by atoms with van der Waals surface area (Å²) in [5.74, 6) is 1.40. The van der Waals surface area contributed by atoms with E-state index in [-0.39, 0.29) is 5.91 Å². The number of carbonyl (C=O) groups is 1. The Morgan fingerprint density at radius 3 is 2.19 bits per heavy atom. The molecule has 0 unspecified atom stereocenters. The van der Waals surface area contributed by atoms with E-state index in [2.05, 4.69) is 5.32 Å². The third-order valence-electron chi connectivity index (χ3n) is 3.20. The molecule has 6 heteroatoms. The van der Waals surface area contributed by atoms with Gasteiger partial charge in [0.2, 0.25) is 0 Å². The first-order chi connectivity index (χ1) is 10.1. The first-order valence-electron chi connectivity index (χ1n) is 6.79. The van der Waals surface area contributed by atoms with Gasteiger partial charge in [0, 0.05) is 25.7 Å². The first kappa shape index (κ1) is 17.1. The van der Waals surface area contributed by atoms with Crippen molar-refractivity contribution in [3.63, 3.8) is 0 Å². The van der Waals surface area contributed by atoms with E-state index in [1.54, 1.807) is 31.2 Å². The number of ether oxygens (including phenoxy) is 3. The molecule has 0 radical (unpaired) electrons. The molecule has 0 aliphatic heterocycles. The summed E-state index contributed by atoms with van der Waals surface area (Å²) in [6.07, 6.45) is 0.883. The zero-order chi connectivity index (χ0) is 15.8. The molecule has 1 aromatic rings. The molecule has 118 valence electrons. The summed E-state index contributed by atoms with van der Waals surface area (Å²) in [4.78, 5) is 14.2.